The molecule has 0 fully saturated rings. The van der Waals surface area contributed by atoms with Gasteiger partial charge in [0.25, 0.3) is 11.8 Å². The molecule has 0 aromatic heterocycles. The number of nitrogens with one attached hydrogen (secondary N) is 1. The monoisotopic (exact) mass is 519 g/mol. The Labute approximate surface area is 217 Å². The fraction of sp³-hybridized carbons (Fsp3) is 0.148. The fourth-order valence-electron chi connectivity index (χ4n) is 3.73. The summed E-state index contributed by atoms with van der Waals surface area (Å²) in [4.78, 5) is 49.7. The molecule has 3 aromatic rings. The molecule has 188 valence electrons. The Morgan fingerprint density at radius 1 is 1.00 bits per heavy atom. The van der Waals surface area contributed by atoms with Crippen LogP contribution in [0.2, 0.25) is 0 Å². The minimum absolute atomic E-state index is 0.0861. The summed E-state index contributed by atoms with van der Waals surface area (Å²) in [6, 6.07) is 18.6. The molecule has 0 unspecified atom stereocenters. The van der Waals surface area contributed by atoms with Gasteiger partial charge in [-0.2, -0.15) is 0 Å². The number of nitro groups is 1. The fourth-order valence-corrected chi connectivity index (χ4v) is 3.94. The SMILES string of the molecule is CCCCc1ccc(N2C(=O)C(Cl)=C(Nc3ccc(C(=O)Oc4ccccc4[N+](=O)[O-])cc3)C2=O)cc1. The van der Waals surface area contributed by atoms with Crippen molar-refractivity contribution in [1.82, 2.24) is 0 Å². The number of imide groups is 1. The molecule has 0 atom stereocenters. The number of para-hydroxylation sites is 2. The molecule has 9 nitrogen and oxygen atoms in total. The molecule has 3 aromatic carbocycles. The maximum absolute atomic E-state index is 13.0. The molecule has 10 heteroatoms. The Morgan fingerprint density at radius 3 is 2.32 bits per heavy atom. The first-order chi connectivity index (χ1) is 17.8. The predicted octanol–water partition coefficient (Wildman–Crippen LogP) is 5.59. The predicted molar refractivity (Wildman–Crippen MR) is 139 cm³/mol. The van der Waals surface area contributed by atoms with Crippen molar-refractivity contribution < 1.29 is 24.0 Å². The van der Waals surface area contributed by atoms with E-state index < -0.39 is 22.7 Å². The Balaban J connectivity index is 1.45. The normalized spacial score (nSPS) is 13.2. The van der Waals surface area contributed by atoms with Crippen LogP contribution in [0.25, 0.3) is 0 Å². The van der Waals surface area contributed by atoms with E-state index in [0.29, 0.717) is 11.4 Å². The van der Waals surface area contributed by atoms with Crippen LogP contribution in [0.3, 0.4) is 0 Å². The van der Waals surface area contributed by atoms with Crippen LogP contribution in [0.15, 0.2) is 83.5 Å². The zero-order valence-corrected chi connectivity index (χ0v) is 20.5. The summed E-state index contributed by atoms with van der Waals surface area (Å²) < 4.78 is 5.17. The lowest BCUT2D eigenvalue weighted by atomic mass is 10.1. The lowest BCUT2D eigenvalue weighted by Gasteiger charge is -2.15. The molecule has 0 aliphatic carbocycles. The van der Waals surface area contributed by atoms with Crippen LogP contribution in [0, 0.1) is 10.1 Å². The van der Waals surface area contributed by atoms with Gasteiger partial charge in [-0.3, -0.25) is 19.7 Å². The van der Waals surface area contributed by atoms with Crippen molar-refractivity contribution in [3.05, 3.63) is 105 Å². The number of benzene rings is 3. The summed E-state index contributed by atoms with van der Waals surface area (Å²) >= 11 is 6.21. The van der Waals surface area contributed by atoms with E-state index in [1.54, 1.807) is 12.1 Å². The summed E-state index contributed by atoms with van der Waals surface area (Å²) in [6.45, 7) is 2.11. The van der Waals surface area contributed by atoms with E-state index >= 15 is 0 Å². The molecule has 1 aliphatic rings. The number of rotatable bonds is 9. The first-order valence-corrected chi connectivity index (χ1v) is 11.9. The number of carbonyl (C=O) groups is 3. The summed E-state index contributed by atoms with van der Waals surface area (Å²) in [5, 5.41) is 13.7. The topological polar surface area (TPSA) is 119 Å². The number of aryl methyl sites for hydroxylation is 1. The van der Waals surface area contributed by atoms with E-state index in [2.05, 4.69) is 12.2 Å². The smallest absolute Gasteiger partial charge is 0.343 e. The largest absolute Gasteiger partial charge is 0.416 e. The van der Waals surface area contributed by atoms with Crippen molar-refractivity contribution in [2.75, 3.05) is 10.2 Å². The Bertz CT molecular complexity index is 1400. The maximum atomic E-state index is 13.0. The number of ether oxygens (including phenoxy) is 1. The van der Waals surface area contributed by atoms with Crippen LogP contribution in [-0.4, -0.2) is 22.7 Å². The summed E-state index contributed by atoms with van der Waals surface area (Å²) in [6.07, 6.45) is 3.03. The Hall–Kier alpha value is -4.50. The average Bonchev–Trinajstić information content (AvgIpc) is 3.11. The van der Waals surface area contributed by atoms with E-state index in [-0.39, 0.29) is 27.7 Å². The zero-order chi connectivity index (χ0) is 26.5. The van der Waals surface area contributed by atoms with Gasteiger partial charge in [-0.1, -0.05) is 49.2 Å². The third kappa shape index (κ3) is 5.52. The molecule has 0 radical (unpaired) electrons. The van der Waals surface area contributed by atoms with E-state index in [4.69, 9.17) is 16.3 Å². The van der Waals surface area contributed by atoms with Gasteiger partial charge in [0.15, 0.2) is 0 Å². The van der Waals surface area contributed by atoms with E-state index in [9.17, 15) is 24.5 Å². The van der Waals surface area contributed by atoms with Gasteiger partial charge in [0, 0.05) is 11.8 Å². The van der Waals surface area contributed by atoms with Gasteiger partial charge in [0.2, 0.25) is 5.75 Å². The highest BCUT2D eigenvalue weighted by Crippen LogP contribution is 2.31. The van der Waals surface area contributed by atoms with Gasteiger partial charge in [0.1, 0.15) is 10.7 Å². The number of anilines is 2. The van der Waals surface area contributed by atoms with Gasteiger partial charge < -0.3 is 10.1 Å². The quantitative estimate of drug-likeness (QED) is 0.129. The van der Waals surface area contributed by atoms with Crippen LogP contribution in [0.4, 0.5) is 17.1 Å². The van der Waals surface area contributed by atoms with Crippen molar-refractivity contribution in [1.29, 1.82) is 0 Å². The molecule has 0 spiro atoms. The third-order valence-corrected chi connectivity index (χ3v) is 6.05. The Kier molecular flexibility index (Phi) is 7.64. The van der Waals surface area contributed by atoms with Gasteiger partial charge in [-0.25, -0.2) is 9.69 Å². The second-order valence-electron chi connectivity index (χ2n) is 8.22. The standard InChI is InChI=1S/C27H22ClN3O6/c1-2-3-6-17-9-15-20(16-10-17)30-25(32)23(28)24(26(30)33)29-19-13-11-18(12-14-19)27(34)37-22-8-5-4-7-21(22)31(35)36/h4-5,7-16,29H,2-3,6H2,1H3. The number of hydrogen-bond donors (Lipinski definition) is 1. The molecule has 0 saturated heterocycles. The number of unbranched alkanes of at least 4 members (excludes halogenated alkanes) is 1. The maximum Gasteiger partial charge on any atom is 0.343 e. The second kappa shape index (κ2) is 11.0. The van der Waals surface area contributed by atoms with Gasteiger partial charge in [0.05, 0.1) is 16.2 Å². The van der Waals surface area contributed by atoms with Crippen molar-refractivity contribution in [2.45, 2.75) is 26.2 Å². The van der Waals surface area contributed by atoms with Gasteiger partial charge >= 0.3 is 11.7 Å². The molecule has 1 aliphatic heterocycles. The number of esters is 1. The molecule has 0 bridgehead atoms. The van der Waals surface area contributed by atoms with Crippen LogP contribution < -0.4 is 15.0 Å². The van der Waals surface area contributed by atoms with Crippen molar-refractivity contribution in [3.8, 4) is 5.75 Å². The van der Waals surface area contributed by atoms with Gasteiger partial charge in [-0.15, -0.1) is 0 Å². The minimum atomic E-state index is -0.793. The van der Waals surface area contributed by atoms with Crippen LogP contribution in [0.5, 0.6) is 5.75 Å². The highest BCUT2D eigenvalue weighted by Gasteiger charge is 2.39. The average molecular weight is 520 g/mol. The lowest BCUT2D eigenvalue weighted by molar-refractivity contribution is -0.385. The van der Waals surface area contributed by atoms with Crippen molar-refractivity contribution >= 4 is 46.4 Å². The second-order valence-corrected chi connectivity index (χ2v) is 8.60. The molecular formula is C27H22ClN3O6. The number of halogens is 1. The van der Waals surface area contributed by atoms with E-state index in [0.717, 1.165) is 29.7 Å². The van der Waals surface area contributed by atoms with E-state index in [1.807, 2.05) is 12.1 Å². The van der Waals surface area contributed by atoms with Crippen molar-refractivity contribution in [2.24, 2.45) is 0 Å². The summed E-state index contributed by atoms with van der Waals surface area (Å²) in [7, 11) is 0. The molecule has 1 heterocycles. The van der Waals surface area contributed by atoms with E-state index in [1.165, 1.54) is 48.5 Å². The minimum Gasteiger partial charge on any atom is -0.416 e. The number of carbonyl (C=O) groups excluding carboxylic acids is 3. The van der Waals surface area contributed by atoms with Crippen LogP contribution in [-0.2, 0) is 16.0 Å². The number of amides is 2. The number of hydrogen-bond acceptors (Lipinski definition) is 7. The Morgan fingerprint density at radius 2 is 1.68 bits per heavy atom. The first kappa shape index (κ1) is 25.6. The van der Waals surface area contributed by atoms with Crippen LogP contribution in [0.1, 0.15) is 35.7 Å². The highest BCUT2D eigenvalue weighted by molar-refractivity contribution is 6.53. The summed E-state index contributed by atoms with van der Waals surface area (Å²) in [5.41, 5.74) is 1.63. The lowest BCUT2D eigenvalue weighted by Crippen LogP contribution is -2.32. The van der Waals surface area contributed by atoms with Gasteiger partial charge in [-0.05, 0) is 60.9 Å². The third-order valence-electron chi connectivity index (χ3n) is 5.70. The van der Waals surface area contributed by atoms with Crippen LogP contribution >= 0.6 is 11.6 Å². The number of nitrogens with zero attached hydrogens (tertiary/aromatic N) is 2. The molecule has 2 amide bonds. The number of nitro benzene ring substituents is 1. The zero-order valence-electron chi connectivity index (χ0n) is 19.8. The molecule has 1 N–H and O–H groups in total. The molecule has 4 rings (SSSR count). The molecular weight excluding hydrogens is 498 g/mol. The summed E-state index contributed by atoms with van der Waals surface area (Å²) in [5.74, 6) is -2.21. The highest BCUT2D eigenvalue weighted by atomic mass is 35.5. The molecule has 0 saturated carbocycles. The van der Waals surface area contributed by atoms with Crippen molar-refractivity contribution in [3.63, 3.8) is 0 Å². The first-order valence-electron chi connectivity index (χ1n) is 11.5. The molecule has 37 heavy (non-hydrogen) atoms.